The number of ether oxygens (including phenoxy) is 3. The number of para-hydroxylation sites is 1. The number of amides is 1. The van der Waals surface area contributed by atoms with Gasteiger partial charge in [0.25, 0.3) is 5.91 Å². The summed E-state index contributed by atoms with van der Waals surface area (Å²) in [5.41, 5.74) is 5.31. The minimum absolute atomic E-state index is 0.202. The van der Waals surface area contributed by atoms with Gasteiger partial charge in [-0.2, -0.15) is 5.10 Å². The first-order chi connectivity index (χ1) is 18.1. The van der Waals surface area contributed by atoms with Crippen molar-refractivity contribution in [3.05, 3.63) is 125 Å². The van der Waals surface area contributed by atoms with Gasteiger partial charge in [-0.3, -0.25) is 4.79 Å². The zero-order valence-electron chi connectivity index (χ0n) is 20.4. The number of benzene rings is 4. The molecule has 0 radical (unpaired) electrons. The fourth-order valence-electron chi connectivity index (χ4n) is 3.50. The van der Waals surface area contributed by atoms with Crippen LogP contribution in [-0.4, -0.2) is 18.7 Å². The zero-order valence-corrected chi connectivity index (χ0v) is 20.4. The molecule has 4 aromatic carbocycles. The Hall–Kier alpha value is -4.65. The molecule has 4 rings (SSSR count). The summed E-state index contributed by atoms with van der Waals surface area (Å²) in [6.45, 7) is 2.88. The first-order valence-corrected chi connectivity index (χ1v) is 11.9. The quantitative estimate of drug-likeness (QED) is 0.199. The number of hydrazone groups is 1. The van der Waals surface area contributed by atoms with Crippen LogP contribution in [0.3, 0.4) is 0 Å². The summed E-state index contributed by atoms with van der Waals surface area (Å²) in [4.78, 5) is 12.7. The van der Waals surface area contributed by atoms with Gasteiger partial charge in [0.15, 0.2) is 11.5 Å². The summed E-state index contributed by atoms with van der Waals surface area (Å²) < 4.78 is 30.8. The highest BCUT2D eigenvalue weighted by Crippen LogP contribution is 2.29. The van der Waals surface area contributed by atoms with Crippen molar-refractivity contribution in [3.8, 4) is 17.2 Å². The predicted octanol–water partition coefficient (Wildman–Crippen LogP) is 6.15. The van der Waals surface area contributed by atoms with E-state index in [9.17, 15) is 9.18 Å². The predicted molar refractivity (Wildman–Crippen MR) is 141 cm³/mol. The average Bonchev–Trinajstić information content (AvgIpc) is 2.92. The molecule has 6 nitrogen and oxygen atoms in total. The Kier molecular flexibility index (Phi) is 8.86. The average molecular weight is 499 g/mol. The molecule has 0 bridgehead atoms. The monoisotopic (exact) mass is 498 g/mol. The second kappa shape index (κ2) is 12.9. The first-order valence-electron chi connectivity index (χ1n) is 11.9. The van der Waals surface area contributed by atoms with Gasteiger partial charge in [0.1, 0.15) is 24.8 Å². The molecule has 7 heteroatoms. The van der Waals surface area contributed by atoms with Gasteiger partial charge in [0, 0.05) is 11.1 Å². The number of rotatable bonds is 11. The van der Waals surface area contributed by atoms with Crippen molar-refractivity contribution in [2.45, 2.75) is 20.1 Å². The Morgan fingerprint density at radius 3 is 2.32 bits per heavy atom. The molecule has 0 saturated carbocycles. The van der Waals surface area contributed by atoms with E-state index < -0.39 is 5.91 Å². The minimum Gasteiger partial charge on any atom is -0.490 e. The van der Waals surface area contributed by atoms with Crippen LogP contribution in [0.5, 0.6) is 17.2 Å². The number of nitrogens with one attached hydrogen (secondary N) is 1. The summed E-state index contributed by atoms with van der Waals surface area (Å²) in [6, 6.07) is 28.3. The molecule has 0 aromatic heterocycles. The molecule has 0 aliphatic heterocycles. The molecule has 0 unspecified atom stereocenters. The van der Waals surface area contributed by atoms with Crippen LogP contribution in [0.25, 0.3) is 0 Å². The van der Waals surface area contributed by atoms with E-state index in [0.29, 0.717) is 47.2 Å². The number of halogens is 1. The number of hydrogen-bond donors (Lipinski definition) is 1. The molecule has 1 amide bonds. The highest BCUT2D eigenvalue weighted by Gasteiger charge is 2.12. The molecule has 0 fully saturated rings. The van der Waals surface area contributed by atoms with E-state index in [1.807, 2.05) is 55.5 Å². The Bertz CT molecular complexity index is 1360. The van der Waals surface area contributed by atoms with E-state index >= 15 is 0 Å². The van der Waals surface area contributed by atoms with Crippen LogP contribution in [-0.2, 0) is 13.2 Å². The molecule has 1 N–H and O–H groups in total. The van der Waals surface area contributed by atoms with E-state index in [-0.39, 0.29) is 12.4 Å². The van der Waals surface area contributed by atoms with Crippen LogP contribution in [0.15, 0.2) is 102 Å². The molecular weight excluding hydrogens is 471 g/mol. The van der Waals surface area contributed by atoms with Crippen molar-refractivity contribution in [1.82, 2.24) is 5.43 Å². The Morgan fingerprint density at radius 1 is 0.784 bits per heavy atom. The third-order valence-electron chi connectivity index (χ3n) is 5.32. The number of carbonyl (C=O) groups excluding carboxylic acids is 1. The maximum absolute atomic E-state index is 13.4. The van der Waals surface area contributed by atoms with Crippen LogP contribution in [0.4, 0.5) is 4.39 Å². The Morgan fingerprint density at radius 2 is 1.51 bits per heavy atom. The lowest BCUT2D eigenvalue weighted by atomic mass is 10.2. The van der Waals surface area contributed by atoms with Gasteiger partial charge in [-0.05, 0) is 60.5 Å². The largest absolute Gasteiger partial charge is 0.490 e. The van der Waals surface area contributed by atoms with Gasteiger partial charge in [-0.15, -0.1) is 0 Å². The van der Waals surface area contributed by atoms with Crippen LogP contribution < -0.4 is 19.6 Å². The summed E-state index contributed by atoms with van der Waals surface area (Å²) in [5, 5.41) is 4.09. The van der Waals surface area contributed by atoms with Crippen LogP contribution in [0.2, 0.25) is 0 Å². The third-order valence-corrected chi connectivity index (χ3v) is 5.32. The van der Waals surface area contributed by atoms with E-state index in [4.69, 9.17) is 14.2 Å². The van der Waals surface area contributed by atoms with Crippen molar-refractivity contribution in [2.24, 2.45) is 5.10 Å². The lowest BCUT2D eigenvalue weighted by Gasteiger charge is -2.13. The Labute approximate surface area is 215 Å². The van der Waals surface area contributed by atoms with Crippen LogP contribution in [0, 0.1) is 5.82 Å². The maximum atomic E-state index is 13.4. The highest BCUT2D eigenvalue weighted by molar-refractivity contribution is 5.95. The SMILES string of the molecule is CCOc1cc(C(=O)N/N=C/c2ccccc2OCc2cccc(F)c2)ccc1OCc1ccccc1. The molecule has 0 heterocycles. The van der Waals surface area contributed by atoms with Crippen molar-refractivity contribution in [1.29, 1.82) is 0 Å². The van der Waals surface area contributed by atoms with E-state index in [0.717, 1.165) is 5.56 Å². The van der Waals surface area contributed by atoms with E-state index in [1.54, 1.807) is 36.4 Å². The molecule has 0 atom stereocenters. The molecule has 37 heavy (non-hydrogen) atoms. The summed E-state index contributed by atoms with van der Waals surface area (Å²) in [7, 11) is 0. The lowest BCUT2D eigenvalue weighted by Crippen LogP contribution is -2.18. The highest BCUT2D eigenvalue weighted by atomic mass is 19.1. The van der Waals surface area contributed by atoms with Gasteiger partial charge < -0.3 is 14.2 Å². The van der Waals surface area contributed by atoms with Gasteiger partial charge in [-0.1, -0.05) is 54.6 Å². The van der Waals surface area contributed by atoms with Gasteiger partial charge in [0.2, 0.25) is 0 Å². The Balaban J connectivity index is 1.39. The molecule has 0 aliphatic carbocycles. The van der Waals surface area contributed by atoms with Crippen LogP contribution >= 0.6 is 0 Å². The van der Waals surface area contributed by atoms with Gasteiger partial charge in [0.05, 0.1) is 12.8 Å². The fourth-order valence-corrected chi connectivity index (χ4v) is 3.50. The summed E-state index contributed by atoms with van der Waals surface area (Å²) >= 11 is 0. The van der Waals surface area contributed by atoms with Crippen molar-refractivity contribution < 1.29 is 23.4 Å². The smallest absolute Gasteiger partial charge is 0.271 e. The molecule has 0 aliphatic rings. The second-order valence-electron chi connectivity index (χ2n) is 8.02. The third kappa shape index (κ3) is 7.41. The summed E-state index contributed by atoms with van der Waals surface area (Å²) in [5.74, 6) is 0.872. The van der Waals surface area contributed by atoms with Gasteiger partial charge >= 0.3 is 0 Å². The van der Waals surface area contributed by atoms with E-state index in [1.165, 1.54) is 18.3 Å². The molecular formula is C30H27FN2O4. The number of nitrogens with zero attached hydrogens (tertiary/aromatic N) is 1. The molecule has 4 aromatic rings. The van der Waals surface area contributed by atoms with Crippen LogP contribution in [0.1, 0.15) is 34.0 Å². The standard InChI is InChI=1S/C30H27FN2O4/c1-2-35-29-18-24(15-16-28(29)37-20-22-9-4-3-5-10-22)30(34)33-32-19-25-12-6-7-14-27(25)36-21-23-11-8-13-26(31)17-23/h3-19H,2,20-21H2,1H3,(H,33,34)/b32-19+. The fraction of sp³-hybridized carbons (Fsp3) is 0.133. The topological polar surface area (TPSA) is 69.2 Å². The van der Waals surface area contributed by atoms with Crippen molar-refractivity contribution >= 4 is 12.1 Å². The van der Waals surface area contributed by atoms with Gasteiger partial charge in [-0.25, -0.2) is 9.82 Å². The minimum atomic E-state index is -0.398. The number of hydrogen-bond acceptors (Lipinski definition) is 5. The van der Waals surface area contributed by atoms with Crippen molar-refractivity contribution in [3.63, 3.8) is 0 Å². The maximum Gasteiger partial charge on any atom is 0.271 e. The normalized spacial score (nSPS) is 10.8. The zero-order chi connectivity index (χ0) is 25.9. The lowest BCUT2D eigenvalue weighted by molar-refractivity contribution is 0.0954. The number of carbonyl (C=O) groups is 1. The van der Waals surface area contributed by atoms with E-state index in [2.05, 4.69) is 10.5 Å². The first kappa shape index (κ1) is 25.4. The second-order valence-corrected chi connectivity index (χ2v) is 8.02. The molecule has 0 saturated heterocycles. The molecule has 188 valence electrons. The van der Waals surface area contributed by atoms with Crippen molar-refractivity contribution in [2.75, 3.05) is 6.61 Å². The molecule has 0 spiro atoms. The summed E-state index contributed by atoms with van der Waals surface area (Å²) in [6.07, 6.45) is 1.50.